The molecule has 3 rings (SSSR count). The van der Waals surface area contributed by atoms with Gasteiger partial charge in [0, 0.05) is 38.4 Å². The van der Waals surface area contributed by atoms with Crippen molar-refractivity contribution in [2.24, 2.45) is 11.8 Å². The number of aromatic amines is 1. The maximum Gasteiger partial charge on any atom is 0.255 e. The van der Waals surface area contributed by atoms with Crippen molar-refractivity contribution in [2.45, 2.75) is 19.3 Å². The van der Waals surface area contributed by atoms with Crippen LogP contribution in [0.4, 0.5) is 0 Å². The largest absolute Gasteiger partial charge is 0.338 e. The number of nitrogens with zero attached hydrogens (tertiary/aromatic N) is 2. The van der Waals surface area contributed by atoms with E-state index in [1.807, 2.05) is 4.90 Å². The summed E-state index contributed by atoms with van der Waals surface area (Å²) in [5, 5.41) is 0. The van der Waals surface area contributed by atoms with E-state index in [9.17, 15) is 18.0 Å². The predicted molar refractivity (Wildman–Crippen MR) is 90.2 cm³/mol. The Morgan fingerprint density at radius 2 is 1.79 bits per heavy atom. The summed E-state index contributed by atoms with van der Waals surface area (Å²) < 4.78 is 24.7. The van der Waals surface area contributed by atoms with Gasteiger partial charge in [0.05, 0.1) is 11.8 Å². The van der Waals surface area contributed by atoms with E-state index in [1.54, 1.807) is 10.4 Å². The standard InChI is InChI=1S/C16H23N3O4S/c1-24(22,23)19-8-5-12(6-9-19)14-4-7-18(11-14)16(21)13-2-3-15(20)17-10-13/h2-3,10,12,14H,4-9,11H2,1H3,(H,17,20). The van der Waals surface area contributed by atoms with E-state index in [4.69, 9.17) is 0 Å². The van der Waals surface area contributed by atoms with Gasteiger partial charge in [-0.15, -0.1) is 0 Å². The van der Waals surface area contributed by atoms with Gasteiger partial charge in [-0.1, -0.05) is 0 Å². The second-order valence-corrected chi connectivity index (χ2v) is 8.72. The second-order valence-electron chi connectivity index (χ2n) is 6.74. The lowest BCUT2D eigenvalue weighted by molar-refractivity contribution is 0.0778. The smallest absolute Gasteiger partial charge is 0.255 e. The Kier molecular flexibility index (Phi) is 4.78. The summed E-state index contributed by atoms with van der Waals surface area (Å²) in [6.07, 6.45) is 5.39. The van der Waals surface area contributed by atoms with Gasteiger partial charge in [0.15, 0.2) is 0 Å². The number of hydrogen-bond donors (Lipinski definition) is 1. The van der Waals surface area contributed by atoms with Crippen LogP contribution in [0.5, 0.6) is 0 Å². The van der Waals surface area contributed by atoms with Crippen LogP contribution in [0.25, 0.3) is 0 Å². The Balaban J connectivity index is 1.57. The normalized spacial score (nSPS) is 23.5. The van der Waals surface area contributed by atoms with Crippen molar-refractivity contribution in [2.75, 3.05) is 32.4 Å². The van der Waals surface area contributed by atoms with Crippen LogP contribution in [0.3, 0.4) is 0 Å². The molecule has 0 spiro atoms. The molecule has 1 amide bonds. The first kappa shape index (κ1) is 17.2. The van der Waals surface area contributed by atoms with E-state index in [0.717, 1.165) is 25.8 Å². The lowest BCUT2D eigenvalue weighted by Crippen LogP contribution is -2.40. The summed E-state index contributed by atoms with van der Waals surface area (Å²) in [7, 11) is -3.10. The molecule has 1 unspecified atom stereocenters. The first-order chi connectivity index (χ1) is 11.3. The summed E-state index contributed by atoms with van der Waals surface area (Å²) in [6, 6.07) is 2.92. The van der Waals surface area contributed by atoms with Crippen molar-refractivity contribution in [1.82, 2.24) is 14.2 Å². The average Bonchev–Trinajstić information content (AvgIpc) is 3.04. The Labute approximate surface area is 141 Å². The molecular weight excluding hydrogens is 330 g/mol. The van der Waals surface area contributed by atoms with Crippen molar-refractivity contribution in [3.05, 3.63) is 34.2 Å². The highest BCUT2D eigenvalue weighted by molar-refractivity contribution is 7.88. The molecule has 3 heterocycles. The van der Waals surface area contributed by atoms with E-state index >= 15 is 0 Å². The molecule has 2 aliphatic heterocycles. The average molecular weight is 353 g/mol. The molecular formula is C16H23N3O4S. The molecule has 2 fully saturated rings. The van der Waals surface area contributed by atoms with Crippen LogP contribution >= 0.6 is 0 Å². The molecule has 0 aliphatic carbocycles. The molecule has 2 saturated heterocycles. The first-order valence-electron chi connectivity index (χ1n) is 8.28. The molecule has 8 heteroatoms. The zero-order valence-electron chi connectivity index (χ0n) is 13.8. The molecule has 2 aliphatic rings. The fraction of sp³-hybridized carbons (Fsp3) is 0.625. The number of nitrogens with one attached hydrogen (secondary N) is 1. The van der Waals surface area contributed by atoms with Gasteiger partial charge in [-0.3, -0.25) is 9.59 Å². The van der Waals surface area contributed by atoms with Crippen LogP contribution in [0.1, 0.15) is 29.6 Å². The van der Waals surface area contributed by atoms with E-state index < -0.39 is 10.0 Å². The summed E-state index contributed by atoms with van der Waals surface area (Å²) in [5.74, 6) is 0.845. The number of amides is 1. The van der Waals surface area contributed by atoms with Crippen LogP contribution in [0.15, 0.2) is 23.1 Å². The monoisotopic (exact) mass is 353 g/mol. The Bertz CT molecular complexity index is 745. The van der Waals surface area contributed by atoms with E-state index in [-0.39, 0.29) is 11.5 Å². The summed E-state index contributed by atoms with van der Waals surface area (Å²) in [4.78, 5) is 27.9. The molecule has 1 N–H and O–H groups in total. The van der Waals surface area contributed by atoms with Crippen LogP contribution in [-0.4, -0.2) is 60.9 Å². The number of likely N-dealkylation sites (tertiary alicyclic amines) is 1. The van der Waals surface area contributed by atoms with Crippen molar-refractivity contribution in [3.8, 4) is 0 Å². The molecule has 0 aromatic carbocycles. The third kappa shape index (κ3) is 3.70. The van der Waals surface area contributed by atoms with Gasteiger partial charge in [0.25, 0.3) is 5.91 Å². The molecule has 24 heavy (non-hydrogen) atoms. The van der Waals surface area contributed by atoms with Crippen LogP contribution in [-0.2, 0) is 10.0 Å². The van der Waals surface area contributed by atoms with Crippen molar-refractivity contribution in [3.63, 3.8) is 0 Å². The number of carbonyl (C=O) groups is 1. The SMILES string of the molecule is CS(=O)(=O)N1CCC(C2CCN(C(=O)c3ccc(=O)[nH]c3)C2)CC1. The van der Waals surface area contributed by atoms with Crippen LogP contribution in [0, 0.1) is 11.8 Å². The molecule has 132 valence electrons. The Hall–Kier alpha value is -1.67. The molecule has 0 radical (unpaired) electrons. The number of piperidine rings is 1. The Morgan fingerprint density at radius 3 is 2.38 bits per heavy atom. The van der Waals surface area contributed by atoms with Gasteiger partial charge in [0.1, 0.15) is 0 Å². The maximum atomic E-state index is 12.5. The zero-order valence-corrected chi connectivity index (χ0v) is 14.6. The molecule has 7 nitrogen and oxygen atoms in total. The van der Waals surface area contributed by atoms with Crippen LogP contribution < -0.4 is 5.56 Å². The highest BCUT2D eigenvalue weighted by Gasteiger charge is 2.35. The quantitative estimate of drug-likeness (QED) is 0.857. The van der Waals surface area contributed by atoms with Gasteiger partial charge >= 0.3 is 0 Å². The van der Waals surface area contributed by atoms with Crippen molar-refractivity contribution in [1.29, 1.82) is 0 Å². The summed E-state index contributed by atoms with van der Waals surface area (Å²) in [6.45, 7) is 2.58. The minimum atomic E-state index is -3.10. The number of rotatable bonds is 3. The van der Waals surface area contributed by atoms with Gasteiger partial charge in [-0.05, 0) is 37.2 Å². The number of sulfonamides is 1. The third-order valence-electron chi connectivity index (χ3n) is 5.18. The van der Waals surface area contributed by atoms with Gasteiger partial charge in [-0.25, -0.2) is 12.7 Å². The number of H-pyrrole nitrogens is 1. The predicted octanol–water partition coefficient (Wildman–Crippen LogP) is 0.509. The fourth-order valence-electron chi connectivity index (χ4n) is 3.76. The zero-order chi connectivity index (χ0) is 17.3. The van der Waals surface area contributed by atoms with Gasteiger partial charge in [-0.2, -0.15) is 0 Å². The first-order valence-corrected chi connectivity index (χ1v) is 10.1. The van der Waals surface area contributed by atoms with E-state index in [1.165, 1.54) is 18.5 Å². The van der Waals surface area contributed by atoms with E-state index in [2.05, 4.69) is 4.98 Å². The van der Waals surface area contributed by atoms with Gasteiger partial charge < -0.3 is 9.88 Å². The lowest BCUT2D eigenvalue weighted by atomic mass is 9.84. The van der Waals surface area contributed by atoms with Crippen LogP contribution in [0.2, 0.25) is 0 Å². The maximum absolute atomic E-state index is 12.5. The molecule has 1 aromatic rings. The Morgan fingerprint density at radius 1 is 1.12 bits per heavy atom. The molecule has 1 atom stereocenters. The van der Waals surface area contributed by atoms with Crippen molar-refractivity contribution >= 4 is 15.9 Å². The fourth-order valence-corrected chi connectivity index (χ4v) is 4.64. The number of hydrogen-bond acceptors (Lipinski definition) is 4. The molecule has 1 aromatic heterocycles. The minimum Gasteiger partial charge on any atom is -0.338 e. The topological polar surface area (TPSA) is 90.6 Å². The second kappa shape index (κ2) is 6.68. The van der Waals surface area contributed by atoms with Gasteiger partial charge in [0.2, 0.25) is 15.6 Å². The molecule has 0 bridgehead atoms. The lowest BCUT2D eigenvalue weighted by Gasteiger charge is -2.33. The summed E-state index contributed by atoms with van der Waals surface area (Å²) >= 11 is 0. The number of carbonyl (C=O) groups excluding carboxylic acids is 1. The highest BCUT2D eigenvalue weighted by Crippen LogP contribution is 2.32. The number of pyridine rings is 1. The van der Waals surface area contributed by atoms with E-state index in [0.29, 0.717) is 37.0 Å². The molecule has 0 saturated carbocycles. The summed E-state index contributed by atoms with van der Waals surface area (Å²) in [5.41, 5.74) is 0.283. The third-order valence-corrected chi connectivity index (χ3v) is 6.48. The minimum absolute atomic E-state index is 0.0534. The van der Waals surface area contributed by atoms with Crippen molar-refractivity contribution < 1.29 is 13.2 Å². The highest BCUT2D eigenvalue weighted by atomic mass is 32.2. The number of aromatic nitrogens is 1.